The van der Waals surface area contributed by atoms with E-state index in [1.54, 1.807) is 0 Å². The van der Waals surface area contributed by atoms with E-state index in [0.29, 0.717) is 0 Å². The Hall–Kier alpha value is -1.47. The normalized spacial score (nSPS) is 18.1. The van der Waals surface area contributed by atoms with Crippen molar-refractivity contribution in [2.24, 2.45) is 11.8 Å². The molecule has 8 heteroatoms. The fourth-order valence-corrected chi connectivity index (χ4v) is 1.59. The van der Waals surface area contributed by atoms with Crippen molar-refractivity contribution in [1.82, 2.24) is 10.2 Å². The molecule has 1 N–H and O–H groups in total. The molecule has 1 rings (SSSR count). The molecular formula is C13H23F3N2O3. The summed E-state index contributed by atoms with van der Waals surface area (Å²) in [4.78, 5) is 23.2. The molecule has 0 aromatic rings. The average molecular weight is 312 g/mol. The molecule has 0 aromatic heterocycles. The number of hydrogen-bond acceptors (Lipinski definition) is 3. The number of carbonyl (C=O) groups excluding carboxylic acids is 2. The van der Waals surface area contributed by atoms with Crippen molar-refractivity contribution in [2.45, 2.75) is 33.4 Å². The first-order valence-corrected chi connectivity index (χ1v) is 6.74. The monoisotopic (exact) mass is 312 g/mol. The number of methoxy groups -OCH3 is 1. The highest BCUT2D eigenvalue weighted by molar-refractivity contribution is 5.82. The maximum atomic E-state index is 12.3. The Balaban J connectivity index is 0.000000885. The Kier molecular flexibility index (Phi) is 8.12. The summed E-state index contributed by atoms with van der Waals surface area (Å²) in [6.07, 6.45) is -5.15. The van der Waals surface area contributed by atoms with Crippen LogP contribution in [0, 0.1) is 11.8 Å². The van der Waals surface area contributed by atoms with Gasteiger partial charge in [-0.2, -0.15) is 13.2 Å². The Labute approximate surface area is 122 Å². The molecule has 21 heavy (non-hydrogen) atoms. The first-order chi connectivity index (χ1) is 9.57. The van der Waals surface area contributed by atoms with E-state index in [2.05, 4.69) is 30.8 Å². The molecule has 0 aliphatic carbocycles. The van der Waals surface area contributed by atoms with Crippen molar-refractivity contribution in [1.29, 1.82) is 0 Å². The van der Waals surface area contributed by atoms with Crippen molar-refractivity contribution in [3.8, 4) is 0 Å². The van der Waals surface area contributed by atoms with Crippen molar-refractivity contribution in [2.75, 3.05) is 26.7 Å². The molecule has 0 radical (unpaired) electrons. The lowest BCUT2D eigenvalue weighted by Gasteiger charge is -2.17. The van der Waals surface area contributed by atoms with Gasteiger partial charge in [-0.15, -0.1) is 0 Å². The summed E-state index contributed by atoms with van der Waals surface area (Å²) >= 11 is 0. The molecule has 0 unspecified atom stereocenters. The van der Waals surface area contributed by atoms with Crippen LogP contribution in [-0.2, 0) is 9.53 Å². The van der Waals surface area contributed by atoms with Gasteiger partial charge in [-0.1, -0.05) is 20.8 Å². The number of rotatable bonds is 2. The van der Waals surface area contributed by atoms with Gasteiger partial charge in [-0.05, 0) is 12.3 Å². The third-order valence-electron chi connectivity index (χ3n) is 2.57. The summed E-state index contributed by atoms with van der Waals surface area (Å²) in [5.41, 5.74) is 0. The van der Waals surface area contributed by atoms with E-state index in [0.717, 1.165) is 17.9 Å². The summed E-state index contributed by atoms with van der Waals surface area (Å²) in [6.45, 7) is 5.87. The molecular weight excluding hydrogens is 289 g/mol. The molecule has 1 atom stereocenters. The molecule has 2 amide bonds. The van der Waals surface area contributed by atoms with Gasteiger partial charge in [0.1, 0.15) is 6.54 Å². The lowest BCUT2D eigenvalue weighted by molar-refractivity contribution is -0.171. The van der Waals surface area contributed by atoms with Gasteiger partial charge < -0.3 is 15.0 Å². The topological polar surface area (TPSA) is 58.6 Å². The van der Waals surface area contributed by atoms with Gasteiger partial charge >= 0.3 is 12.3 Å². The number of likely N-dealkylation sites (tertiary alicyclic amines) is 1. The van der Waals surface area contributed by atoms with Crippen LogP contribution in [0.4, 0.5) is 18.0 Å². The van der Waals surface area contributed by atoms with E-state index in [-0.39, 0.29) is 26.1 Å². The number of alkyl halides is 3. The summed E-state index contributed by atoms with van der Waals surface area (Å²) in [5, 5.41) is 2.13. The van der Waals surface area contributed by atoms with Gasteiger partial charge in [-0.3, -0.25) is 4.79 Å². The van der Waals surface area contributed by atoms with E-state index in [1.165, 1.54) is 0 Å². The predicted molar refractivity (Wildman–Crippen MR) is 71.7 cm³/mol. The maximum absolute atomic E-state index is 12.3. The van der Waals surface area contributed by atoms with Crippen LogP contribution >= 0.6 is 0 Å². The van der Waals surface area contributed by atoms with Crippen LogP contribution in [0.15, 0.2) is 0 Å². The van der Waals surface area contributed by atoms with Crippen LogP contribution in [0.5, 0.6) is 0 Å². The number of nitrogens with one attached hydrogen (secondary N) is 1. The zero-order chi connectivity index (χ0) is 16.6. The predicted octanol–water partition coefficient (Wildman–Crippen LogP) is 2.42. The van der Waals surface area contributed by atoms with Gasteiger partial charge in [0.2, 0.25) is 5.91 Å². The largest absolute Gasteiger partial charge is 0.453 e. The van der Waals surface area contributed by atoms with Crippen molar-refractivity contribution in [3.05, 3.63) is 0 Å². The SMILES string of the molecule is CC(C)C.COC(=O)NCC(=O)N1CC[C@@H](C(F)(F)F)C1. The highest BCUT2D eigenvalue weighted by Crippen LogP contribution is 2.33. The molecule has 0 spiro atoms. The first kappa shape index (κ1) is 19.5. The van der Waals surface area contributed by atoms with Gasteiger partial charge in [0, 0.05) is 13.1 Å². The second kappa shape index (κ2) is 8.74. The van der Waals surface area contributed by atoms with Gasteiger partial charge in [-0.25, -0.2) is 4.79 Å². The molecule has 1 saturated heterocycles. The highest BCUT2D eigenvalue weighted by Gasteiger charge is 2.44. The molecule has 124 valence electrons. The molecule has 5 nitrogen and oxygen atoms in total. The molecule has 1 heterocycles. The lowest BCUT2D eigenvalue weighted by atomic mass is 10.1. The lowest BCUT2D eigenvalue weighted by Crippen LogP contribution is -2.39. The number of carbonyl (C=O) groups is 2. The van der Waals surface area contributed by atoms with E-state index in [1.807, 2.05) is 0 Å². The maximum Gasteiger partial charge on any atom is 0.407 e. The summed E-state index contributed by atoms with van der Waals surface area (Å²) in [7, 11) is 1.13. The van der Waals surface area contributed by atoms with Crippen molar-refractivity contribution in [3.63, 3.8) is 0 Å². The quantitative estimate of drug-likeness (QED) is 0.852. The Morgan fingerprint density at radius 3 is 2.24 bits per heavy atom. The van der Waals surface area contributed by atoms with Crippen LogP contribution < -0.4 is 5.32 Å². The number of nitrogens with zero attached hydrogens (tertiary/aromatic N) is 1. The molecule has 1 fully saturated rings. The number of ether oxygens (including phenoxy) is 1. The standard InChI is InChI=1S/C9H13F3N2O3.C4H10/c1-17-8(16)13-4-7(15)14-3-2-6(5-14)9(10,11)12;1-4(2)3/h6H,2-5H2,1H3,(H,13,16);4H,1-3H3/t6-;/m1./s1. The van der Waals surface area contributed by atoms with Gasteiger partial charge in [0.05, 0.1) is 13.0 Å². The minimum absolute atomic E-state index is 0.0614. The molecule has 1 aliphatic rings. The zero-order valence-electron chi connectivity index (χ0n) is 12.8. The Morgan fingerprint density at radius 2 is 1.86 bits per heavy atom. The minimum Gasteiger partial charge on any atom is -0.453 e. The Morgan fingerprint density at radius 1 is 1.33 bits per heavy atom. The Bertz CT molecular complexity index is 343. The second-order valence-electron chi connectivity index (χ2n) is 5.44. The summed E-state index contributed by atoms with van der Waals surface area (Å²) in [6, 6.07) is 0. The molecule has 1 aliphatic heterocycles. The number of halogens is 3. The van der Waals surface area contributed by atoms with Crippen molar-refractivity contribution < 1.29 is 27.5 Å². The highest BCUT2D eigenvalue weighted by atomic mass is 19.4. The van der Waals surface area contributed by atoms with Crippen LogP contribution in [0.2, 0.25) is 0 Å². The second-order valence-corrected chi connectivity index (χ2v) is 5.44. The third kappa shape index (κ3) is 8.41. The minimum atomic E-state index is -4.27. The van der Waals surface area contributed by atoms with E-state index in [9.17, 15) is 22.8 Å². The fourth-order valence-electron chi connectivity index (χ4n) is 1.59. The average Bonchev–Trinajstić information content (AvgIpc) is 2.84. The first-order valence-electron chi connectivity index (χ1n) is 6.74. The van der Waals surface area contributed by atoms with Crippen molar-refractivity contribution >= 4 is 12.0 Å². The van der Waals surface area contributed by atoms with Crippen LogP contribution in [0.3, 0.4) is 0 Å². The number of amides is 2. The third-order valence-corrected chi connectivity index (χ3v) is 2.57. The van der Waals surface area contributed by atoms with Crippen LogP contribution in [0.1, 0.15) is 27.2 Å². The molecule has 0 saturated carbocycles. The molecule has 0 aromatic carbocycles. The summed E-state index contributed by atoms with van der Waals surface area (Å²) in [5.74, 6) is -1.17. The number of hydrogen-bond donors (Lipinski definition) is 1. The van der Waals surface area contributed by atoms with E-state index in [4.69, 9.17) is 0 Å². The van der Waals surface area contributed by atoms with Gasteiger partial charge in [0.25, 0.3) is 0 Å². The fraction of sp³-hybridized carbons (Fsp3) is 0.846. The zero-order valence-corrected chi connectivity index (χ0v) is 12.8. The smallest absolute Gasteiger partial charge is 0.407 e. The van der Waals surface area contributed by atoms with E-state index < -0.39 is 24.1 Å². The van der Waals surface area contributed by atoms with Crippen LogP contribution in [0.25, 0.3) is 0 Å². The van der Waals surface area contributed by atoms with Crippen LogP contribution in [-0.4, -0.2) is 49.8 Å². The molecule has 0 bridgehead atoms. The summed E-state index contributed by atoms with van der Waals surface area (Å²) < 4.78 is 41.3. The van der Waals surface area contributed by atoms with Gasteiger partial charge in [0.15, 0.2) is 0 Å². The van der Waals surface area contributed by atoms with E-state index >= 15 is 0 Å². The number of alkyl carbamates (subject to hydrolysis) is 1.